The van der Waals surface area contributed by atoms with Gasteiger partial charge in [0.05, 0.1) is 27.8 Å². The minimum atomic E-state index is -0.361. The van der Waals surface area contributed by atoms with E-state index in [1.54, 1.807) is 30.0 Å². The van der Waals surface area contributed by atoms with Crippen LogP contribution in [-0.4, -0.2) is 16.4 Å². The zero-order chi connectivity index (χ0) is 13.2. The van der Waals surface area contributed by atoms with Crippen molar-refractivity contribution in [3.05, 3.63) is 23.8 Å². The number of nitrogens with two attached hydrogens (primary N) is 1. The standard InChI is InChI=1S/C13H15N3OS/c1-13(5-2-6-18-13)12(17)16-11-4-3-9(8-14)7-10(11)15/h3-4,7H,2,5-6,15H2,1H3,(H,16,17). The number of nitrogens with zero attached hydrogens (tertiary/aromatic N) is 1. The number of hydrogen-bond donors (Lipinski definition) is 2. The van der Waals surface area contributed by atoms with Crippen molar-refractivity contribution >= 4 is 29.0 Å². The monoisotopic (exact) mass is 261 g/mol. The summed E-state index contributed by atoms with van der Waals surface area (Å²) in [6.45, 7) is 1.96. The van der Waals surface area contributed by atoms with E-state index in [9.17, 15) is 4.79 Å². The van der Waals surface area contributed by atoms with E-state index in [4.69, 9.17) is 11.0 Å². The highest BCUT2D eigenvalue weighted by atomic mass is 32.2. The Morgan fingerprint density at radius 1 is 1.61 bits per heavy atom. The summed E-state index contributed by atoms with van der Waals surface area (Å²) in [5.41, 5.74) is 7.31. The second kappa shape index (κ2) is 4.91. The van der Waals surface area contributed by atoms with Gasteiger partial charge in [0, 0.05) is 0 Å². The molecule has 1 fully saturated rings. The molecule has 1 atom stereocenters. The lowest BCUT2D eigenvalue weighted by Crippen LogP contribution is -2.34. The van der Waals surface area contributed by atoms with Crippen molar-refractivity contribution in [1.29, 1.82) is 5.26 Å². The highest BCUT2D eigenvalue weighted by Gasteiger charge is 2.37. The molecule has 1 aliphatic rings. The lowest BCUT2D eigenvalue weighted by atomic mass is 10.0. The Labute approximate surface area is 111 Å². The predicted octanol–water partition coefficient (Wildman–Crippen LogP) is 2.36. The smallest absolute Gasteiger partial charge is 0.240 e. The molecule has 0 aliphatic carbocycles. The van der Waals surface area contributed by atoms with Crippen molar-refractivity contribution in [3.63, 3.8) is 0 Å². The summed E-state index contributed by atoms with van der Waals surface area (Å²) in [7, 11) is 0. The second-order valence-corrected chi connectivity index (χ2v) is 6.15. The van der Waals surface area contributed by atoms with E-state index in [0.29, 0.717) is 16.9 Å². The molecular weight excluding hydrogens is 246 g/mol. The van der Waals surface area contributed by atoms with E-state index in [1.165, 1.54) is 0 Å². The molecule has 1 saturated heterocycles. The molecule has 4 nitrogen and oxygen atoms in total. The molecule has 1 amide bonds. The maximum atomic E-state index is 12.2. The summed E-state index contributed by atoms with van der Waals surface area (Å²) in [4.78, 5) is 12.2. The van der Waals surface area contributed by atoms with Crippen LogP contribution in [0.5, 0.6) is 0 Å². The number of amides is 1. The Bertz CT molecular complexity index is 515. The minimum Gasteiger partial charge on any atom is -0.397 e. The number of nitriles is 1. The van der Waals surface area contributed by atoms with Crippen LogP contribution in [0.2, 0.25) is 0 Å². The van der Waals surface area contributed by atoms with Gasteiger partial charge in [-0.1, -0.05) is 0 Å². The Kier molecular flexibility index (Phi) is 3.48. The zero-order valence-corrected chi connectivity index (χ0v) is 11.0. The average molecular weight is 261 g/mol. The molecular formula is C13H15N3OS. The highest BCUT2D eigenvalue weighted by molar-refractivity contribution is 8.01. The number of rotatable bonds is 2. The summed E-state index contributed by atoms with van der Waals surface area (Å²) < 4.78 is -0.361. The van der Waals surface area contributed by atoms with E-state index in [-0.39, 0.29) is 10.7 Å². The summed E-state index contributed by atoms with van der Waals surface area (Å²) in [5, 5.41) is 11.6. The van der Waals surface area contributed by atoms with E-state index < -0.39 is 0 Å². The number of thioether (sulfide) groups is 1. The number of benzene rings is 1. The Morgan fingerprint density at radius 3 is 2.94 bits per heavy atom. The third kappa shape index (κ3) is 2.44. The van der Waals surface area contributed by atoms with E-state index in [1.807, 2.05) is 13.0 Å². The molecule has 1 heterocycles. The summed E-state index contributed by atoms with van der Waals surface area (Å²) in [6.07, 6.45) is 1.96. The van der Waals surface area contributed by atoms with Gasteiger partial charge in [0.25, 0.3) is 0 Å². The van der Waals surface area contributed by atoms with Gasteiger partial charge in [-0.2, -0.15) is 5.26 Å². The molecule has 0 bridgehead atoms. The largest absolute Gasteiger partial charge is 0.397 e. The van der Waals surface area contributed by atoms with Gasteiger partial charge in [-0.05, 0) is 43.7 Å². The molecule has 18 heavy (non-hydrogen) atoms. The fraction of sp³-hybridized carbons (Fsp3) is 0.385. The number of carbonyl (C=O) groups is 1. The van der Waals surface area contributed by atoms with Gasteiger partial charge in [0.15, 0.2) is 0 Å². The SMILES string of the molecule is CC1(C(=O)Nc2ccc(C#N)cc2N)CCCS1. The minimum absolute atomic E-state index is 0.0126. The molecule has 1 aromatic rings. The number of nitrogens with one attached hydrogen (secondary N) is 1. The van der Waals surface area contributed by atoms with Crippen LogP contribution < -0.4 is 11.1 Å². The lowest BCUT2D eigenvalue weighted by molar-refractivity contribution is -0.118. The quantitative estimate of drug-likeness (QED) is 0.801. The maximum absolute atomic E-state index is 12.2. The highest BCUT2D eigenvalue weighted by Crippen LogP contribution is 2.38. The van der Waals surface area contributed by atoms with Crippen LogP contribution in [0.4, 0.5) is 11.4 Å². The maximum Gasteiger partial charge on any atom is 0.240 e. The molecule has 1 aliphatic heterocycles. The van der Waals surface area contributed by atoms with E-state index in [2.05, 4.69) is 5.32 Å². The molecule has 1 unspecified atom stereocenters. The Morgan fingerprint density at radius 2 is 2.39 bits per heavy atom. The third-order valence-corrected chi connectivity index (χ3v) is 4.65. The van der Waals surface area contributed by atoms with Crippen LogP contribution in [0.3, 0.4) is 0 Å². The Hall–Kier alpha value is -1.67. The first kappa shape index (κ1) is 12.8. The van der Waals surface area contributed by atoms with Crippen molar-refractivity contribution in [3.8, 4) is 6.07 Å². The second-order valence-electron chi connectivity index (χ2n) is 4.55. The fourth-order valence-electron chi connectivity index (χ4n) is 1.96. The molecule has 0 spiro atoms. The number of nitrogen functional groups attached to an aromatic ring is 1. The van der Waals surface area contributed by atoms with Gasteiger partial charge in [-0.15, -0.1) is 11.8 Å². The first-order chi connectivity index (χ1) is 8.55. The van der Waals surface area contributed by atoms with Gasteiger partial charge in [-0.3, -0.25) is 4.79 Å². The van der Waals surface area contributed by atoms with Crippen LogP contribution >= 0.6 is 11.8 Å². The van der Waals surface area contributed by atoms with Gasteiger partial charge in [-0.25, -0.2) is 0 Å². The predicted molar refractivity (Wildman–Crippen MR) is 74.3 cm³/mol. The zero-order valence-electron chi connectivity index (χ0n) is 10.2. The van der Waals surface area contributed by atoms with Crippen LogP contribution in [0.25, 0.3) is 0 Å². The summed E-state index contributed by atoms with van der Waals surface area (Å²) >= 11 is 1.68. The number of hydrogen-bond acceptors (Lipinski definition) is 4. The molecule has 2 rings (SSSR count). The van der Waals surface area contributed by atoms with Crippen LogP contribution in [0.1, 0.15) is 25.3 Å². The molecule has 5 heteroatoms. The average Bonchev–Trinajstić information content (AvgIpc) is 2.80. The molecule has 94 valence electrons. The molecule has 0 aromatic heterocycles. The number of carbonyl (C=O) groups excluding carboxylic acids is 1. The topological polar surface area (TPSA) is 78.9 Å². The van der Waals surface area contributed by atoms with E-state index >= 15 is 0 Å². The van der Waals surface area contributed by atoms with Gasteiger partial charge < -0.3 is 11.1 Å². The van der Waals surface area contributed by atoms with Crippen LogP contribution in [0, 0.1) is 11.3 Å². The van der Waals surface area contributed by atoms with Crippen LogP contribution in [-0.2, 0) is 4.79 Å². The fourth-order valence-corrected chi connectivity index (χ4v) is 3.17. The lowest BCUT2D eigenvalue weighted by Gasteiger charge is -2.22. The number of anilines is 2. The van der Waals surface area contributed by atoms with Crippen molar-refractivity contribution < 1.29 is 4.79 Å². The normalized spacial score (nSPS) is 22.4. The van der Waals surface area contributed by atoms with Gasteiger partial charge >= 0.3 is 0 Å². The van der Waals surface area contributed by atoms with Crippen LogP contribution in [0.15, 0.2) is 18.2 Å². The van der Waals surface area contributed by atoms with E-state index in [0.717, 1.165) is 18.6 Å². The molecule has 0 radical (unpaired) electrons. The Balaban J connectivity index is 2.15. The van der Waals surface area contributed by atoms with Crippen molar-refractivity contribution in [2.45, 2.75) is 24.5 Å². The van der Waals surface area contributed by atoms with Gasteiger partial charge in [0.2, 0.25) is 5.91 Å². The van der Waals surface area contributed by atoms with Crippen molar-refractivity contribution in [1.82, 2.24) is 0 Å². The summed E-state index contributed by atoms with van der Waals surface area (Å²) in [6, 6.07) is 6.91. The third-order valence-electron chi connectivity index (χ3n) is 3.13. The first-order valence-corrected chi connectivity index (χ1v) is 6.79. The molecule has 3 N–H and O–H groups in total. The van der Waals surface area contributed by atoms with Crippen molar-refractivity contribution in [2.75, 3.05) is 16.8 Å². The summed E-state index contributed by atoms with van der Waals surface area (Å²) in [5.74, 6) is 1.01. The van der Waals surface area contributed by atoms with Gasteiger partial charge in [0.1, 0.15) is 0 Å². The molecule has 0 saturated carbocycles. The van der Waals surface area contributed by atoms with Crippen molar-refractivity contribution in [2.24, 2.45) is 0 Å². The molecule has 1 aromatic carbocycles. The first-order valence-electron chi connectivity index (χ1n) is 5.80.